The van der Waals surface area contributed by atoms with Gasteiger partial charge in [-0.2, -0.15) is 0 Å². The predicted molar refractivity (Wildman–Crippen MR) is 56.0 cm³/mol. The van der Waals surface area contributed by atoms with Crippen molar-refractivity contribution in [2.75, 3.05) is 0 Å². The molecule has 0 bridgehead atoms. The third-order valence-electron chi connectivity index (χ3n) is 1.53. The lowest BCUT2D eigenvalue weighted by Crippen LogP contribution is -1.82. The van der Waals surface area contributed by atoms with Crippen molar-refractivity contribution in [1.29, 1.82) is 0 Å². The lowest BCUT2D eigenvalue weighted by molar-refractivity contribution is 0.720. The lowest BCUT2D eigenvalue weighted by atomic mass is 10.1. The van der Waals surface area contributed by atoms with E-state index in [4.69, 9.17) is 0 Å². The molecule has 0 saturated carbocycles. The van der Waals surface area contributed by atoms with Crippen LogP contribution in [0.5, 0.6) is 0 Å². The van der Waals surface area contributed by atoms with E-state index in [1.54, 1.807) is 0 Å². The topological polar surface area (TPSA) is 0 Å². The van der Waals surface area contributed by atoms with Crippen molar-refractivity contribution in [1.82, 2.24) is 0 Å². The third kappa shape index (κ3) is 8.12. The molecule has 0 aromatic carbocycles. The van der Waals surface area contributed by atoms with Crippen molar-refractivity contribution >= 4 is 15.9 Å². The summed E-state index contributed by atoms with van der Waals surface area (Å²) in [7, 11) is 0. The Kier molecular flexibility index (Phi) is 7.04. The molecule has 0 radical (unpaired) electrons. The van der Waals surface area contributed by atoms with Crippen molar-refractivity contribution in [3.63, 3.8) is 0 Å². The molecular formula is C10H19Br. The lowest BCUT2D eigenvalue weighted by Gasteiger charge is -2.00. The van der Waals surface area contributed by atoms with Gasteiger partial charge in [-0.15, -0.1) is 0 Å². The minimum Gasteiger partial charge on any atom is -0.0718 e. The Hall–Kier alpha value is 0.220. The minimum atomic E-state index is 0.672. The van der Waals surface area contributed by atoms with Crippen molar-refractivity contribution in [3.8, 4) is 0 Å². The number of hydrogen-bond acceptors (Lipinski definition) is 0. The Bertz CT molecular complexity index is 114. The van der Waals surface area contributed by atoms with E-state index in [1.807, 2.05) is 0 Å². The molecule has 0 aliphatic carbocycles. The van der Waals surface area contributed by atoms with Crippen LogP contribution in [0.3, 0.4) is 0 Å². The largest absolute Gasteiger partial charge is 0.0718 e. The average Bonchev–Trinajstić information content (AvgIpc) is 1.86. The Morgan fingerprint density at radius 2 is 2.00 bits per heavy atom. The molecule has 0 aromatic heterocycles. The van der Waals surface area contributed by atoms with Crippen molar-refractivity contribution in [2.45, 2.75) is 46.5 Å². The van der Waals surface area contributed by atoms with Gasteiger partial charge in [0.25, 0.3) is 0 Å². The van der Waals surface area contributed by atoms with Crippen LogP contribution in [-0.2, 0) is 0 Å². The monoisotopic (exact) mass is 218 g/mol. The van der Waals surface area contributed by atoms with Crippen LogP contribution >= 0.6 is 15.9 Å². The second-order valence-electron chi connectivity index (χ2n) is 3.31. The van der Waals surface area contributed by atoms with Crippen LogP contribution in [-0.4, -0.2) is 0 Å². The van der Waals surface area contributed by atoms with Crippen LogP contribution in [0.2, 0.25) is 0 Å². The smallest absolute Gasteiger partial charge is 0.00866 e. The highest BCUT2D eigenvalue weighted by molar-refractivity contribution is 9.11. The zero-order valence-electron chi connectivity index (χ0n) is 7.86. The Labute approximate surface area is 79.2 Å². The van der Waals surface area contributed by atoms with Gasteiger partial charge in [0.05, 0.1) is 0 Å². The van der Waals surface area contributed by atoms with Gasteiger partial charge in [-0.05, 0) is 23.2 Å². The van der Waals surface area contributed by atoms with E-state index in [9.17, 15) is 0 Å². The molecule has 0 atom stereocenters. The van der Waals surface area contributed by atoms with Crippen LogP contribution in [0.15, 0.2) is 10.6 Å². The second-order valence-corrected chi connectivity index (χ2v) is 4.33. The molecular weight excluding hydrogens is 200 g/mol. The SMILES string of the molecule is CCCCC/C(Br)=C/C(C)C. The van der Waals surface area contributed by atoms with E-state index >= 15 is 0 Å². The normalized spacial score (nSPS) is 12.6. The molecule has 0 fully saturated rings. The summed E-state index contributed by atoms with van der Waals surface area (Å²) in [5.41, 5.74) is 0. The molecule has 0 aromatic rings. The predicted octanol–water partition coefficient (Wildman–Crippen LogP) is 4.50. The first kappa shape index (κ1) is 11.2. The van der Waals surface area contributed by atoms with Crippen molar-refractivity contribution < 1.29 is 0 Å². The summed E-state index contributed by atoms with van der Waals surface area (Å²) in [6, 6.07) is 0. The molecule has 0 aliphatic rings. The zero-order chi connectivity index (χ0) is 8.69. The van der Waals surface area contributed by atoms with Crippen LogP contribution in [0.25, 0.3) is 0 Å². The molecule has 0 rings (SSSR count). The van der Waals surface area contributed by atoms with E-state index in [2.05, 4.69) is 42.8 Å². The van der Waals surface area contributed by atoms with Gasteiger partial charge in [-0.25, -0.2) is 0 Å². The molecule has 0 nitrogen and oxygen atoms in total. The second kappa shape index (κ2) is 6.90. The maximum Gasteiger partial charge on any atom is -0.00866 e. The number of hydrogen-bond donors (Lipinski definition) is 0. The number of allylic oxidation sites excluding steroid dienone is 2. The Morgan fingerprint density at radius 3 is 2.45 bits per heavy atom. The van der Waals surface area contributed by atoms with E-state index in [-0.39, 0.29) is 0 Å². The molecule has 0 spiro atoms. The van der Waals surface area contributed by atoms with Crippen LogP contribution in [0.4, 0.5) is 0 Å². The average molecular weight is 219 g/mol. The van der Waals surface area contributed by atoms with Gasteiger partial charge in [0, 0.05) is 0 Å². The molecule has 0 unspecified atom stereocenters. The molecule has 0 heterocycles. The first-order chi connectivity index (χ1) is 5.16. The Balaban J connectivity index is 3.43. The molecule has 66 valence electrons. The summed E-state index contributed by atoms with van der Waals surface area (Å²) < 4.78 is 1.38. The summed E-state index contributed by atoms with van der Waals surface area (Å²) >= 11 is 3.57. The fraction of sp³-hybridized carbons (Fsp3) is 0.800. The van der Waals surface area contributed by atoms with E-state index in [1.165, 1.54) is 30.2 Å². The van der Waals surface area contributed by atoms with Crippen molar-refractivity contribution in [3.05, 3.63) is 10.6 Å². The maximum atomic E-state index is 3.57. The highest BCUT2D eigenvalue weighted by atomic mass is 79.9. The van der Waals surface area contributed by atoms with E-state index < -0.39 is 0 Å². The molecule has 0 saturated heterocycles. The summed E-state index contributed by atoms with van der Waals surface area (Å²) in [6.45, 7) is 6.65. The van der Waals surface area contributed by atoms with E-state index in [0.29, 0.717) is 5.92 Å². The summed E-state index contributed by atoms with van der Waals surface area (Å²) in [6.07, 6.45) is 7.48. The van der Waals surface area contributed by atoms with Crippen LogP contribution in [0, 0.1) is 5.92 Å². The highest BCUT2D eigenvalue weighted by Gasteiger charge is 1.93. The van der Waals surface area contributed by atoms with Crippen molar-refractivity contribution in [2.24, 2.45) is 5.92 Å². The third-order valence-corrected chi connectivity index (χ3v) is 2.19. The van der Waals surface area contributed by atoms with Gasteiger partial charge < -0.3 is 0 Å². The zero-order valence-corrected chi connectivity index (χ0v) is 9.45. The molecule has 11 heavy (non-hydrogen) atoms. The minimum absolute atomic E-state index is 0.672. The van der Waals surface area contributed by atoms with Gasteiger partial charge in [-0.3, -0.25) is 0 Å². The number of unbranched alkanes of at least 4 members (excludes halogenated alkanes) is 2. The summed E-state index contributed by atoms with van der Waals surface area (Å²) in [5, 5.41) is 0. The summed E-state index contributed by atoms with van der Waals surface area (Å²) in [4.78, 5) is 0. The molecule has 0 amide bonds. The maximum absolute atomic E-state index is 3.57. The fourth-order valence-corrected chi connectivity index (χ4v) is 1.80. The quantitative estimate of drug-likeness (QED) is 0.597. The van der Waals surface area contributed by atoms with Gasteiger partial charge in [0.15, 0.2) is 0 Å². The molecule has 0 aliphatic heterocycles. The number of halogens is 1. The first-order valence-corrected chi connectivity index (χ1v) is 5.32. The van der Waals surface area contributed by atoms with Crippen LogP contribution < -0.4 is 0 Å². The standard InChI is InChI=1S/C10H19Br/c1-4-5-6-7-10(11)8-9(2)3/h8-9H,4-7H2,1-3H3/b10-8-. The van der Waals surface area contributed by atoms with Gasteiger partial charge in [0.1, 0.15) is 0 Å². The van der Waals surface area contributed by atoms with Gasteiger partial charge in [-0.1, -0.05) is 55.6 Å². The van der Waals surface area contributed by atoms with E-state index in [0.717, 1.165) is 0 Å². The number of rotatable bonds is 5. The first-order valence-electron chi connectivity index (χ1n) is 4.53. The molecule has 0 N–H and O–H groups in total. The van der Waals surface area contributed by atoms with Crippen LogP contribution in [0.1, 0.15) is 46.5 Å². The Morgan fingerprint density at radius 1 is 1.36 bits per heavy atom. The van der Waals surface area contributed by atoms with Gasteiger partial charge >= 0.3 is 0 Å². The molecule has 1 heteroatoms. The highest BCUT2D eigenvalue weighted by Crippen LogP contribution is 2.17. The fourth-order valence-electron chi connectivity index (χ4n) is 0.989. The summed E-state index contributed by atoms with van der Waals surface area (Å²) in [5.74, 6) is 0.672. The van der Waals surface area contributed by atoms with Gasteiger partial charge in [0.2, 0.25) is 0 Å².